The number of rotatable bonds is 7. The molecular weight excluding hydrogens is 358 g/mol. The van der Waals surface area contributed by atoms with Gasteiger partial charge in [0.15, 0.2) is 0 Å². The van der Waals surface area contributed by atoms with E-state index in [1.54, 1.807) is 0 Å². The average molecular weight is 393 g/mol. The van der Waals surface area contributed by atoms with Gasteiger partial charge in [-0.15, -0.1) is 0 Å². The third-order valence-corrected chi connectivity index (χ3v) is 7.30. The third-order valence-electron chi connectivity index (χ3n) is 7.30. The molecule has 2 fully saturated rings. The van der Waals surface area contributed by atoms with Crippen LogP contribution in [0.4, 0.5) is 8.78 Å². The summed E-state index contributed by atoms with van der Waals surface area (Å²) in [7, 11) is 0. The van der Waals surface area contributed by atoms with Crippen molar-refractivity contribution in [1.29, 1.82) is 0 Å². The Hall–Kier alpha value is -1.45. The third kappa shape index (κ3) is 5.33. The summed E-state index contributed by atoms with van der Waals surface area (Å²) in [5.41, 5.74) is -0.283. The molecule has 0 bridgehead atoms. The normalized spacial score (nSPS) is 28.2. The Morgan fingerprint density at radius 3 is 1.79 bits per heavy atom. The highest BCUT2D eigenvalue weighted by molar-refractivity contribution is 5.88. The molecule has 3 rings (SSSR count). The lowest BCUT2D eigenvalue weighted by Crippen LogP contribution is -2.26. The van der Waals surface area contributed by atoms with Gasteiger partial charge in [-0.2, -0.15) is 0 Å². The summed E-state index contributed by atoms with van der Waals surface area (Å²) in [4.78, 5) is 10.9. The number of carbonyl (C=O) groups is 1. The van der Waals surface area contributed by atoms with E-state index in [2.05, 4.69) is 6.92 Å². The van der Waals surface area contributed by atoms with Crippen molar-refractivity contribution in [2.75, 3.05) is 0 Å². The zero-order valence-corrected chi connectivity index (χ0v) is 17.1. The highest BCUT2D eigenvalue weighted by atomic mass is 19.1. The SMILES string of the molecule is CCCC1CCC(C2CCC(CCc3cc(F)c(C(=O)O)c(F)c3)CC2)CC1. The van der Waals surface area contributed by atoms with Crippen molar-refractivity contribution >= 4 is 5.97 Å². The maximum Gasteiger partial charge on any atom is 0.341 e. The molecule has 2 nitrogen and oxygen atoms in total. The Morgan fingerprint density at radius 1 is 0.893 bits per heavy atom. The number of hydrogen-bond acceptors (Lipinski definition) is 1. The van der Waals surface area contributed by atoms with Gasteiger partial charge in [-0.05, 0) is 79.9 Å². The molecule has 2 aliphatic carbocycles. The molecule has 1 aromatic carbocycles. The largest absolute Gasteiger partial charge is 0.477 e. The number of aryl methyl sites for hydroxylation is 1. The Morgan fingerprint density at radius 2 is 1.36 bits per heavy atom. The van der Waals surface area contributed by atoms with Crippen molar-refractivity contribution < 1.29 is 18.7 Å². The molecule has 0 aliphatic heterocycles. The minimum atomic E-state index is -1.55. The van der Waals surface area contributed by atoms with Gasteiger partial charge in [0.2, 0.25) is 0 Å². The Labute approximate surface area is 167 Å². The molecule has 0 saturated heterocycles. The van der Waals surface area contributed by atoms with Gasteiger partial charge in [-0.25, -0.2) is 13.6 Å². The van der Waals surface area contributed by atoms with Gasteiger partial charge in [-0.1, -0.05) is 45.4 Å². The molecule has 156 valence electrons. The fourth-order valence-electron chi connectivity index (χ4n) is 5.65. The van der Waals surface area contributed by atoms with Crippen LogP contribution in [0, 0.1) is 35.3 Å². The van der Waals surface area contributed by atoms with E-state index in [0.29, 0.717) is 17.9 Å². The first kappa shape index (κ1) is 21.3. The zero-order chi connectivity index (χ0) is 20.1. The van der Waals surface area contributed by atoms with Crippen LogP contribution in [0.25, 0.3) is 0 Å². The molecule has 0 unspecified atom stereocenters. The van der Waals surface area contributed by atoms with E-state index in [1.165, 1.54) is 76.3 Å². The predicted octanol–water partition coefficient (Wildman–Crippen LogP) is 7.01. The van der Waals surface area contributed by atoms with Gasteiger partial charge in [0.1, 0.15) is 17.2 Å². The first-order valence-corrected chi connectivity index (χ1v) is 11.2. The topological polar surface area (TPSA) is 37.3 Å². The van der Waals surface area contributed by atoms with E-state index in [9.17, 15) is 13.6 Å². The van der Waals surface area contributed by atoms with Crippen molar-refractivity contribution in [3.05, 3.63) is 34.9 Å². The molecule has 1 aromatic rings. The van der Waals surface area contributed by atoms with E-state index in [0.717, 1.165) is 24.2 Å². The lowest BCUT2D eigenvalue weighted by atomic mass is 9.68. The smallest absolute Gasteiger partial charge is 0.341 e. The van der Waals surface area contributed by atoms with Crippen LogP contribution < -0.4 is 0 Å². The van der Waals surface area contributed by atoms with Crippen molar-refractivity contribution in [3.63, 3.8) is 0 Å². The fourth-order valence-corrected chi connectivity index (χ4v) is 5.65. The standard InChI is InChI=1S/C24H34F2O2/c1-2-3-16-6-10-19(11-7-16)20-12-8-17(9-13-20)4-5-18-14-21(25)23(24(27)28)22(26)15-18/h14-17,19-20H,2-13H2,1H3,(H,27,28). The molecule has 0 spiro atoms. The number of carboxylic acid groups (broad SMARTS) is 1. The lowest BCUT2D eigenvalue weighted by Gasteiger charge is -2.38. The summed E-state index contributed by atoms with van der Waals surface area (Å²) in [5.74, 6) is -0.105. The highest BCUT2D eigenvalue weighted by Crippen LogP contribution is 2.43. The molecule has 0 heterocycles. The molecule has 1 N–H and O–H groups in total. The summed E-state index contributed by atoms with van der Waals surface area (Å²) in [6.45, 7) is 2.29. The maximum absolute atomic E-state index is 13.8. The first-order chi connectivity index (χ1) is 13.5. The molecule has 28 heavy (non-hydrogen) atoms. The van der Waals surface area contributed by atoms with Crippen LogP contribution in [-0.4, -0.2) is 11.1 Å². The Bertz CT molecular complexity index is 634. The van der Waals surface area contributed by atoms with Crippen molar-refractivity contribution in [3.8, 4) is 0 Å². The van der Waals surface area contributed by atoms with E-state index in [4.69, 9.17) is 5.11 Å². The summed E-state index contributed by atoms with van der Waals surface area (Å²) in [6.07, 6.45) is 15.0. The van der Waals surface area contributed by atoms with E-state index >= 15 is 0 Å². The molecule has 2 saturated carbocycles. The first-order valence-electron chi connectivity index (χ1n) is 11.2. The molecule has 4 heteroatoms. The van der Waals surface area contributed by atoms with Crippen molar-refractivity contribution in [1.82, 2.24) is 0 Å². The van der Waals surface area contributed by atoms with Crippen LogP contribution >= 0.6 is 0 Å². The molecule has 0 radical (unpaired) electrons. The predicted molar refractivity (Wildman–Crippen MR) is 107 cm³/mol. The van der Waals surface area contributed by atoms with Gasteiger partial charge >= 0.3 is 5.97 Å². The van der Waals surface area contributed by atoms with Crippen LogP contribution in [0.5, 0.6) is 0 Å². The number of aromatic carboxylic acids is 1. The Kier molecular flexibility index (Phi) is 7.48. The van der Waals surface area contributed by atoms with Crippen molar-refractivity contribution in [2.45, 2.75) is 84.0 Å². The van der Waals surface area contributed by atoms with Gasteiger partial charge in [0, 0.05) is 0 Å². The summed E-state index contributed by atoms with van der Waals surface area (Å²) < 4.78 is 27.7. The number of carboxylic acids is 1. The van der Waals surface area contributed by atoms with Crippen LogP contribution in [0.15, 0.2) is 12.1 Å². The Balaban J connectivity index is 1.43. The van der Waals surface area contributed by atoms with Crippen LogP contribution in [-0.2, 0) is 6.42 Å². The van der Waals surface area contributed by atoms with Crippen LogP contribution in [0.3, 0.4) is 0 Å². The molecule has 0 atom stereocenters. The maximum atomic E-state index is 13.8. The molecular formula is C24H34F2O2. The second-order valence-electron chi connectivity index (χ2n) is 9.13. The number of halogens is 2. The van der Waals surface area contributed by atoms with Gasteiger partial charge in [0.05, 0.1) is 0 Å². The molecule has 0 amide bonds. The number of hydrogen-bond donors (Lipinski definition) is 1. The van der Waals surface area contributed by atoms with E-state index in [1.807, 2.05) is 0 Å². The van der Waals surface area contributed by atoms with E-state index in [-0.39, 0.29) is 0 Å². The quantitative estimate of drug-likeness (QED) is 0.542. The lowest BCUT2D eigenvalue weighted by molar-refractivity contribution is 0.0686. The minimum absolute atomic E-state index is 0.566. The highest BCUT2D eigenvalue weighted by Gasteiger charge is 2.30. The minimum Gasteiger partial charge on any atom is -0.477 e. The number of benzene rings is 1. The molecule has 2 aliphatic rings. The molecule has 0 aromatic heterocycles. The van der Waals surface area contributed by atoms with Crippen LogP contribution in [0.2, 0.25) is 0 Å². The summed E-state index contributed by atoms with van der Waals surface area (Å²) in [6, 6.07) is 2.37. The van der Waals surface area contributed by atoms with E-state index < -0.39 is 23.2 Å². The van der Waals surface area contributed by atoms with Crippen molar-refractivity contribution in [2.24, 2.45) is 23.7 Å². The van der Waals surface area contributed by atoms with Gasteiger partial charge in [0.25, 0.3) is 0 Å². The fraction of sp³-hybridized carbons (Fsp3) is 0.708. The average Bonchev–Trinajstić information content (AvgIpc) is 2.67. The summed E-state index contributed by atoms with van der Waals surface area (Å²) in [5, 5.41) is 8.86. The monoisotopic (exact) mass is 392 g/mol. The van der Waals surface area contributed by atoms with Gasteiger partial charge < -0.3 is 5.11 Å². The van der Waals surface area contributed by atoms with Gasteiger partial charge in [-0.3, -0.25) is 0 Å². The summed E-state index contributed by atoms with van der Waals surface area (Å²) >= 11 is 0. The second kappa shape index (κ2) is 9.84. The zero-order valence-electron chi connectivity index (χ0n) is 17.1. The van der Waals surface area contributed by atoms with Crippen LogP contribution in [0.1, 0.15) is 93.5 Å². The second-order valence-corrected chi connectivity index (χ2v) is 9.13.